The third-order valence-electron chi connectivity index (χ3n) is 6.33. The normalized spacial score (nSPS) is 20.9. The second-order valence-corrected chi connectivity index (χ2v) is 12.2. The zero-order valence-electron chi connectivity index (χ0n) is 18.6. The number of carbonyl (C=O) groups is 1. The Hall–Kier alpha value is -2.27. The lowest BCUT2D eigenvalue weighted by Gasteiger charge is -2.35. The summed E-state index contributed by atoms with van der Waals surface area (Å²) in [6, 6.07) is 5.38. The van der Waals surface area contributed by atoms with Gasteiger partial charge >= 0.3 is 0 Å². The molecule has 10 heteroatoms. The van der Waals surface area contributed by atoms with Crippen molar-refractivity contribution in [3.8, 4) is 0 Å². The van der Waals surface area contributed by atoms with Gasteiger partial charge in [0.15, 0.2) is 10.9 Å². The molecule has 0 amide bonds. The number of ether oxygens (including phenoxy) is 1. The summed E-state index contributed by atoms with van der Waals surface area (Å²) in [5.41, 5.74) is 3.33. The number of hydrogen-bond donors (Lipinski definition) is 2. The van der Waals surface area contributed by atoms with Crippen LogP contribution in [0.2, 0.25) is 0 Å². The molecule has 0 saturated carbocycles. The number of nitrogens with zero attached hydrogens (tertiary/aromatic N) is 2. The fraction of sp³-hybridized carbons (Fsp3) is 0.478. The standard InChI is InChI=1S/C23H27N3O5S2/c1-23(2)9-19-21(20(27)10-23)32-22(25-19)26-5-6-31-12-16(26)8-15-11-24-18-4-3-14(7-17(15)18)13-33(28,29)30/h3-4,7,11,16,24H,5-6,8-10,12-13H2,1-2H3,(H,28,29,30)/t16-/m0/s1. The van der Waals surface area contributed by atoms with Gasteiger partial charge in [0.2, 0.25) is 0 Å². The quantitative estimate of drug-likeness (QED) is 0.527. The molecule has 0 spiro atoms. The topological polar surface area (TPSA) is 113 Å². The first-order valence-electron chi connectivity index (χ1n) is 11.0. The van der Waals surface area contributed by atoms with Gasteiger partial charge in [-0.05, 0) is 41.5 Å². The Morgan fingerprint density at radius 1 is 1.33 bits per heavy atom. The molecular formula is C23H27N3O5S2. The highest BCUT2D eigenvalue weighted by atomic mass is 32.2. The molecule has 1 aromatic carbocycles. The maximum Gasteiger partial charge on any atom is 0.269 e. The summed E-state index contributed by atoms with van der Waals surface area (Å²) in [5, 5.41) is 1.79. The molecule has 5 rings (SSSR count). The Balaban J connectivity index is 1.43. The van der Waals surface area contributed by atoms with E-state index in [0.29, 0.717) is 38.2 Å². The third-order valence-corrected chi connectivity index (χ3v) is 8.21. The molecule has 33 heavy (non-hydrogen) atoms. The molecular weight excluding hydrogens is 462 g/mol. The van der Waals surface area contributed by atoms with E-state index >= 15 is 0 Å². The third kappa shape index (κ3) is 4.70. The van der Waals surface area contributed by atoms with Gasteiger partial charge in [-0.1, -0.05) is 31.3 Å². The molecule has 2 aromatic heterocycles. The van der Waals surface area contributed by atoms with Crippen molar-refractivity contribution >= 4 is 43.3 Å². The van der Waals surface area contributed by atoms with E-state index in [1.54, 1.807) is 6.07 Å². The van der Waals surface area contributed by atoms with Gasteiger partial charge < -0.3 is 14.6 Å². The summed E-state index contributed by atoms with van der Waals surface area (Å²) in [6.07, 6.45) is 3.97. The summed E-state index contributed by atoms with van der Waals surface area (Å²) in [5.74, 6) is -0.237. The van der Waals surface area contributed by atoms with Crippen molar-refractivity contribution in [2.45, 2.75) is 44.9 Å². The summed E-state index contributed by atoms with van der Waals surface area (Å²) >= 11 is 1.49. The van der Waals surface area contributed by atoms with Crippen LogP contribution in [0, 0.1) is 5.41 Å². The van der Waals surface area contributed by atoms with Gasteiger partial charge in [0.05, 0.1) is 29.8 Å². The maximum absolute atomic E-state index is 12.7. The summed E-state index contributed by atoms with van der Waals surface area (Å²) in [4.78, 5) is 23.8. The van der Waals surface area contributed by atoms with E-state index in [-0.39, 0.29) is 17.2 Å². The number of carbonyl (C=O) groups excluding carboxylic acids is 1. The molecule has 0 radical (unpaired) electrons. The Kier molecular flexibility index (Phi) is 5.59. The van der Waals surface area contributed by atoms with Gasteiger partial charge in [-0.2, -0.15) is 8.42 Å². The number of rotatable bonds is 5. The highest BCUT2D eigenvalue weighted by Gasteiger charge is 2.36. The van der Waals surface area contributed by atoms with Gasteiger partial charge in [-0.15, -0.1) is 0 Å². The zero-order valence-corrected chi connectivity index (χ0v) is 20.3. The number of hydrogen-bond acceptors (Lipinski definition) is 7. The molecule has 1 saturated heterocycles. The maximum atomic E-state index is 12.7. The van der Waals surface area contributed by atoms with E-state index < -0.39 is 15.9 Å². The number of Topliss-reactive ketones (excluding diaryl/α,β-unsaturated/α-hetero) is 1. The SMILES string of the molecule is CC1(C)CC(=O)c2sc(N3CCOC[C@@H]3Cc3c[nH]c4ccc(CS(=O)(=O)O)cc34)nc2C1. The van der Waals surface area contributed by atoms with Crippen LogP contribution in [0.4, 0.5) is 5.13 Å². The largest absolute Gasteiger partial charge is 0.377 e. The van der Waals surface area contributed by atoms with E-state index in [9.17, 15) is 17.8 Å². The first-order valence-corrected chi connectivity index (χ1v) is 13.4. The molecule has 1 aliphatic carbocycles. The predicted octanol–water partition coefficient (Wildman–Crippen LogP) is 3.62. The van der Waals surface area contributed by atoms with Crippen LogP contribution in [0.1, 0.15) is 46.8 Å². The highest BCUT2D eigenvalue weighted by Crippen LogP contribution is 2.40. The highest BCUT2D eigenvalue weighted by molar-refractivity contribution is 7.85. The lowest BCUT2D eigenvalue weighted by atomic mass is 9.78. The van der Waals surface area contributed by atoms with Crippen molar-refractivity contribution < 1.29 is 22.5 Å². The molecule has 0 unspecified atom stereocenters. The van der Waals surface area contributed by atoms with Crippen LogP contribution in [0.15, 0.2) is 24.4 Å². The molecule has 8 nitrogen and oxygen atoms in total. The average molecular weight is 490 g/mol. The first kappa shape index (κ1) is 22.5. The van der Waals surface area contributed by atoms with Gasteiger partial charge in [-0.25, -0.2) is 4.98 Å². The van der Waals surface area contributed by atoms with E-state index in [1.165, 1.54) is 11.3 Å². The fourth-order valence-electron chi connectivity index (χ4n) is 4.85. The molecule has 2 aliphatic rings. The zero-order chi connectivity index (χ0) is 23.4. The molecule has 3 heterocycles. The number of morpholine rings is 1. The predicted molar refractivity (Wildman–Crippen MR) is 128 cm³/mol. The Morgan fingerprint density at radius 2 is 2.15 bits per heavy atom. The molecule has 1 atom stereocenters. The smallest absolute Gasteiger partial charge is 0.269 e. The van der Waals surface area contributed by atoms with E-state index in [2.05, 4.69) is 23.7 Å². The van der Waals surface area contributed by atoms with Gasteiger partial charge in [0, 0.05) is 30.1 Å². The molecule has 1 aliphatic heterocycles. The molecule has 0 bridgehead atoms. The number of thiazole rings is 1. The number of ketones is 1. The van der Waals surface area contributed by atoms with Crippen LogP contribution in [-0.4, -0.2) is 54.5 Å². The van der Waals surface area contributed by atoms with Crippen molar-refractivity contribution in [2.75, 3.05) is 24.7 Å². The Morgan fingerprint density at radius 3 is 2.94 bits per heavy atom. The van der Waals surface area contributed by atoms with Gasteiger partial charge in [-0.3, -0.25) is 9.35 Å². The molecule has 1 fully saturated rings. The van der Waals surface area contributed by atoms with E-state index in [4.69, 9.17) is 9.72 Å². The van der Waals surface area contributed by atoms with Crippen molar-refractivity contribution in [3.63, 3.8) is 0 Å². The number of anilines is 1. The van der Waals surface area contributed by atoms with Crippen LogP contribution in [0.3, 0.4) is 0 Å². The number of fused-ring (bicyclic) bond motifs is 2. The molecule has 2 N–H and O–H groups in total. The second-order valence-electron chi connectivity index (χ2n) is 9.76. The van der Waals surface area contributed by atoms with Gasteiger partial charge in [0.1, 0.15) is 5.75 Å². The lowest BCUT2D eigenvalue weighted by molar-refractivity contribution is 0.0915. The average Bonchev–Trinajstić information content (AvgIpc) is 3.31. The van der Waals surface area contributed by atoms with Crippen LogP contribution in [0.5, 0.6) is 0 Å². The Labute approximate surface area is 196 Å². The van der Waals surface area contributed by atoms with E-state index in [0.717, 1.165) is 38.6 Å². The lowest BCUT2D eigenvalue weighted by Crippen LogP contribution is -2.46. The minimum Gasteiger partial charge on any atom is -0.377 e. The van der Waals surface area contributed by atoms with Crippen LogP contribution in [-0.2, 0) is 33.4 Å². The molecule has 3 aromatic rings. The summed E-state index contributed by atoms with van der Waals surface area (Å²) < 4.78 is 37.6. The number of nitrogens with one attached hydrogen (secondary N) is 1. The molecule has 176 valence electrons. The number of aromatic amines is 1. The number of benzene rings is 1. The minimum absolute atomic E-state index is 0.0405. The van der Waals surface area contributed by atoms with Gasteiger partial charge in [0.25, 0.3) is 10.1 Å². The summed E-state index contributed by atoms with van der Waals surface area (Å²) in [6.45, 7) is 6.06. The first-order chi connectivity index (χ1) is 15.6. The Bertz CT molecular complexity index is 1330. The number of aromatic nitrogens is 2. The van der Waals surface area contributed by atoms with Crippen LogP contribution in [0.25, 0.3) is 10.9 Å². The van der Waals surface area contributed by atoms with Crippen molar-refractivity contribution in [3.05, 3.63) is 46.1 Å². The fourth-order valence-corrected chi connectivity index (χ4v) is 6.57. The van der Waals surface area contributed by atoms with Crippen molar-refractivity contribution in [1.82, 2.24) is 9.97 Å². The van der Waals surface area contributed by atoms with E-state index in [1.807, 2.05) is 18.3 Å². The van der Waals surface area contributed by atoms with Crippen molar-refractivity contribution in [2.24, 2.45) is 5.41 Å². The van der Waals surface area contributed by atoms with Crippen molar-refractivity contribution in [1.29, 1.82) is 0 Å². The van der Waals surface area contributed by atoms with Crippen LogP contribution < -0.4 is 4.90 Å². The number of H-pyrrole nitrogens is 1. The monoisotopic (exact) mass is 489 g/mol. The van der Waals surface area contributed by atoms with Crippen LogP contribution >= 0.6 is 11.3 Å². The second kappa shape index (κ2) is 8.19. The summed E-state index contributed by atoms with van der Waals surface area (Å²) in [7, 11) is -4.10. The minimum atomic E-state index is -4.10.